The number of hydrogen-bond acceptors (Lipinski definition) is 7. The van der Waals surface area contributed by atoms with Gasteiger partial charge in [0.15, 0.2) is 11.5 Å². The van der Waals surface area contributed by atoms with E-state index in [2.05, 4.69) is 31.4 Å². The molecule has 0 aliphatic rings. The average Bonchev–Trinajstić information content (AvgIpc) is 2.95. The molecular formula is C18H17BrN4O4S. The molecule has 0 fully saturated rings. The number of nitrogens with one attached hydrogen (secondary N) is 1. The number of ether oxygens (including phenoxy) is 1. The Balaban J connectivity index is 1.73. The Morgan fingerprint density at radius 2 is 2.21 bits per heavy atom. The van der Waals surface area contributed by atoms with Crippen molar-refractivity contribution in [3.05, 3.63) is 49.3 Å². The van der Waals surface area contributed by atoms with E-state index in [1.54, 1.807) is 12.1 Å². The fourth-order valence-corrected chi connectivity index (χ4v) is 4.02. The van der Waals surface area contributed by atoms with Gasteiger partial charge in [0.2, 0.25) is 0 Å². The van der Waals surface area contributed by atoms with Gasteiger partial charge in [-0.1, -0.05) is 0 Å². The van der Waals surface area contributed by atoms with Crippen LogP contribution in [0.5, 0.6) is 11.5 Å². The number of carbonyl (C=O) groups is 1. The van der Waals surface area contributed by atoms with Gasteiger partial charge in [0.25, 0.3) is 11.5 Å². The lowest BCUT2D eigenvalue weighted by atomic mass is 10.2. The van der Waals surface area contributed by atoms with Gasteiger partial charge < -0.3 is 9.84 Å². The second-order valence-electron chi connectivity index (χ2n) is 5.99. The second kappa shape index (κ2) is 8.11. The fraction of sp³-hybridized carbons (Fsp3) is 0.222. The molecule has 0 bridgehead atoms. The molecule has 3 rings (SSSR count). The Morgan fingerprint density at radius 3 is 2.93 bits per heavy atom. The van der Waals surface area contributed by atoms with Crippen LogP contribution in [-0.2, 0) is 11.3 Å². The summed E-state index contributed by atoms with van der Waals surface area (Å²) in [6, 6.07) is 3.19. The Kier molecular flexibility index (Phi) is 5.80. The summed E-state index contributed by atoms with van der Waals surface area (Å²) in [5.41, 5.74) is 3.61. The molecule has 1 aromatic carbocycles. The number of hydrogen-bond donors (Lipinski definition) is 2. The summed E-state index contributed by atoms with van der Waals surface area (Å²) >= 11 is 4.67. The van der Waals surface area contributed by atoms with Crippen molar-refractivity contribution in [1.82, 2.24) is 15.0 Å². The molecule has 0 aliphatic heterocycles. The Bertz CT molecular complexity index is 1150. The number of aromatic hydroxyl groups is 1. The number of phenolic OH excluding ortho intramolecular Hbond substituents is 1. The maximum absolute atomic E-state index is 12.6. The molecule has 2 heterocycles. The van der Waals surface area contributed by atoms with Crippen LogP contribution in [0.1, 0.15) is 16.0 Å². The third-order valence-corrected chi connectivity index (χ3v) is 5.86. The van der Waals surface area contributed by atoms with Crippen LogP contribution >= 0.6 is 27.3 Å². The summed E-state index contributed by atoms with van der Waals surface area (Å²) in [6.45, 7) is 3.61. The Hall–Kier alpha value is -2.72. The summed E-state index contributed by atoms with van der Waals surface area (Å²) in [5, 5.41) is 14.2. The predicted octanol–water partition coefficient (Wildman–Crippen LogP) is 2.70. The van der Waals surface area contributed by atoms with E-state index in [4.69, 9.17) is 4.74 Å². The first-order valence-electron chi connectivity index (χ1n) is 8.15. The van der Waals surface area contributed by atoms with Crippen LogP contribution in [0.25, 0.3) is 10.2 Å². The molecular weight excluding hydrogens is 448 g/mol. The summed E-state index contributed by atoms with van der Waals surface area (Å²) in [6.07, 6.45) is 2.77. The summed E-state index contributed by atoms with van der Waals surface area (Å²) in [5.74, 6) is -0.215. The molecule has 0 unspecified atom stereocenters. The first kappa shape index (κ1) is 20.0. The van der Waals surface area contributed by atoms with Gasteiger partial charge in [-0.15, -0.1) is 11.3 Å². The van der Waals surface area contributed by atoms with Crippen LogP contribution in [0.4, 0.5) is 0 Å². The number of thiophene rings is 1. The minimum Gasteiger partial charge on any atom is -0.503 e. The van der Waals surface area contributed by atoms with Crippen LogP contribution in [0.3, 0.4) is 0 Å². The number of hydrazone groups is 1. The number of carbonyl (C=O) groups excluding carboxylic acids is 1. The van der Waals surface area contributed by atoms with E-state index in [0.29, 0.717) is 20.3 Å². The van der Waals surface area contributed by atoms with Gasteiger partial charge >= 0.3 is 0 Å². The molecule has 1 amide bonds. The highest BCUT2D eigenvalue weighted by Crippen LogP contribution is 2.34. The van der Waals surface area contributed by atoms with E-state index in [0.717, 1.165) is 10.4 Å². The third kappa shape index (κ3) is 3.92. The molecule has 2 N–H and O–H groups in total. The number of rotatable bonds is 5. The van der Waals surface area contributed by atoms with Gasteiger partial charge in [0.1, 0.15) is 11.4 Å². The molecule has 0 spiro atoms. The molecule has 10 heteroatoms. The number of nitrogens with zero attached hydrogens (tertiary/aromatic N) is 3. The average molecular weight is 465 g/mol. The zero-order valence-electron chi connectivity index (χ0n) is 15.3. The highest BCUT2D eigenvalue weighted by Gasteiger charge is 2.13. The summed E-state index contributed by atoms with van der Waals surface area (Å²) < 4.78 is 6.75. The fourth-order valence-electron chi connectivity index (χ4n) is 2.58. The number of aryl methyl sites for hydroxylation is 2. The summed E-state index contributed by atoms with van der Waals surface area (Å²) in [7, 11) is 1.43. The van der Waals surface area contributed by atoms with Crippen molar-refractivity contribution in [3.8, 4) is 11.5 Å². The number of phenols is 1. The van der Waals surface area contributed by atoms with E-state index >= 15 is 0 Å². The SMILES string of the molecule is COc1cc(C=NNC(=O)Cn2cnc3sc(C)c(C)c3c2=O)cc(Br)c1O. The van der Waals surface area contributed by atoms with Gasteiger partial charge in [-0.3, -0.25) is 14.2 Å². The lowest BCUT2D eigenvalue weighted by Crippen LogP contribution is -2.30. The zero-order chi connectivity index (χ0) is 20.4. The van der Waals surface area contributed by atoms with E-state index in [9.17, 15) is 14.7 Å². The standard InChI is InChI=1S/C18H17BrN4O4S/c1-9-10(2)28-17-15(9)18(26)23(8-20-17)7-14(24)22-21-6-11-4-12(19)16(25)13(5-11)27-3/h4-6,8,25H,7H2,1-3H3,(H,22,24). The smallest absolute Gasteiger partial charge is 0.262 e. The van der Waals surface area contributed by atoms with Crippen molar-refractivity contribution < 1.29 is 14.6 Å². The van der Waals surface area contributed by atoms with Gasteiger partial charge in [-0.2, -0.15) is 5.10 Å². The van der Waals surface area contributed by atoms with Crippen LogP contribution in [0.15, 0.2) is 32.8 Å². The number of amides is 1. The minimum absolute atomic E-state index is 0.0232. The van der Waals surface area contributed by atoms with Crippen molar-refractivity contribution in [2.75, 3.05) is 7.11 Å². The molecule has 0 saturated carbocycles. The van der Waals surface area contributed by atoms with E-state index in [1.165, 1.54) is 35.6 Å². The first-order valence-corrected chi connectivity index (χ1v) is 9.76. The third-order valence-electron chi connectivity index (χ3n) is 4.14. The van der Waals surface area contributed by atoms with Crippen molar-refractivity contribution in [1.29, 1.82) is 0 Å². The van der Waals surface area contributed by atoms with Crippen LogP contribution in [0.2, 0.25) is 0 Å². The molecule has 0 atom stereocenters. The molecule has 0 radical (unpaired) electrons. The lowest BCUT2D eigenvalue weighted by Gasteiger charge is -2.06. The lowest BCUT2D eigenvalue weighted by molar-refractivity contribution is -0.121. The number of halogens is 1. The van der Waals surface area contributed by atoms with Crippen molar-refractivity contribution in [2.24, 2.45) is 5.10 Å². The molecule has 0 aliphatic carbocycles. The Labute approximate surface area is 172 Å². The molecule has 8 nitrogen and oxygen atoms in total. The number of benzene rings is 1. The first-order chi connectivity index (χ1) is 13.3. The number of methoxy groups -OCH3 is 1. The summed E-state index contributed by atoms with van der Waals surface area (Å²) in [4.78, 5) is 30.7. The van der Waals surface area contributed by atoms with Crippen LogP contribution in [0, 0.1) is 13.8 Å². The van der Waals surface area contributed by atoms with Crippen molar-refractivity contribution >= 4 is 49.6 Å². The van der Waals surface area contributed by atoms with Gasteiger partial charge in [0.05, 0.1) is 29.5 Å². The predicted molar refractivity (Wildman–Crippen MR) is 111 cm³/mol. The topological polar surface area (TPSA) is 106 Å². The normalized spacial score (nSPS) is 11.3. The molecule has 3 aromatic rings. The van der Waals surface area contributed by atoms with Gasteiger partial charge in [0, 0.05) is 4.88 Å². The van der Waals surface area contributed by atoms with Gasteiger partial charge in [-0.25, -0.2) is 10.4 Å². The number of fused-ring (bicyclic) bond motifs is 1. The highest BCUT2D eigenvalue weighted by atomic mass is 79.9. The Morgan fingerprint density at radius 1 is 1.46 bits per heavy atom. The maximum atomic E-state index is 12.6. The van der Waals surface area contributed by atoms with Gasteiger partial charge in [-0.05, 0) is 53.0 Å². The van der Waals surface area contributed by atoms with Crippen molar-refractivity contribution in [2.45, 2.75) is 20.4 Å². The molecule has 0 saturated heterocycles. The van der Waals surface area contributed by atoms with E-state index < -0.39 is 5.91 Å². The number of aromatic nitrogens is 2. The highest BCUT2D eigenvalue weighted by molar-refractivity contribution is 9.10. The molecule has 28 heavy (non-hydrogen) atoms. The maximum Gasteiger partial charge on any atom is 0.262 e. The quantitative estimate of drug-likeness (QED) is 0.445. The van der Waals surface area contributed by atoms with E-state index in [-0.39, 0.29) is 23.6 Å². The van der Waals surface area contributed by atoms with E-state index in [1.807, 2.05) is 13.8 Å². The molecule has 146 valence electrons. The van der Waals surface area contributed by atoms with Crippen LogP contribution < -0.4 is 15.7 Å². The second-order valence-corrected chi connectivity index (χ2v) is 8.05. The van der Waals surface area contributed by atoms with Crippen molar-refractivity contribution in [3.63, 3.8) is 0 Å². The van der Waals surface area contributed by atoms with Crippen LogP contribution in [-0.4, -0.2) is 33.9 Å². The zero-order valence-corrected chi connectivity index (χ0v) is 17.7. The minimum atomic E-state index is -0.464. The monoisotopic (exact) mass is 464 g/mol. The molecule has 2 aromatic heterocycles. The largest absolute Gasteiger partial charge is 0.503 e.